The van der Waals surface area contributed by atoms with Crippen molar-refractivity contribution in [2.24, 2.45) is 5.73 Å². The van der Waals surface area contributed by atoms with Gasteiger partial charge < -0.3 is 36.6 Å². The average molecular weight is 507 g/mol. The third kappa shape index (κ3) is 8.34. The lowest BCUT2D eigenvalue weighted by atomic mass is 10.0. The summed E-state index contributed by atoms with van der Waals surface area (Å²) in [5, 5.41) is 32.2. The Balaban J connectivity index is 2.14. The van der Waals surface area contributed by atoms with Crippen molar-refractivity contribution >= 4 is 35.6 Å². The molecule has 1 aromatic carbocycles. The van der Waals surface area contributed by atoms with Gasteiger partial charge in [0.05, 0.1) is 12.5 Å². The van der Waals surface area contributed by atoms with Crippen molar-refractivity contribution in [1.82, 2.24) is 15.5 Å². The molecule has 4 unspecified atom stereocenters. The predicted molar refractivity (Wildman–Crippen MR) is 123 cm³/mol. The van der Waals surface area contributed by atoms with Gasteiger partial charge in [-0.25, -0.2) is 4.79 Å². The number of likely N-dealkylation sites (tertiary alicyclic amines) is 1. The second-order valence-corrected chi connectivity index (χ2v) is 8.48. The number of hydrogen-bond acceptors (Lipinski definition) is 7. The summed E-state index contributed by atoms with van der Waals surface area (Å²) in [6.07, 6.45) is -0.782. The van der Waals surface area contributed by atoms with E-state index in [2.05, 4.69) is 10.6 Å². The van der Waals surface area contributed by atoms with Gasteiger partial charge in [0.2, 0.25) is 17.7 Å². The molecule has 0 aliphatic carbocycles. The number of nitrogens with one attached hydrogen (secondary N) is 2. The molecule has 1 aromatic rings. The van der Waals surface area contributed by atoms with Crippen LogP contribution in [0, 0.1) is 0 Å². The minimum absolute atomic E-state index is 0.0291. The second kappa shape index (κ2) is 13.2. The summed E-state index contributed by atoms with van der Waals surface area (Å²) in [7, 11) is 0. The van der Waals surface area contributed by atoms with Gasteiger partial charge in [0, 0.05) is 19.4 Å². The van der Waals surface area contributed by atoms with E-state index in [4.69, 9.17) is 15.9 Å². The van der Waals surface area contributed by atoms with E-state index in [1.165, 1.54) is 4.90 Å². The molecule has 196 valence electrons. The van der Waals surface area contributed by atoms with Crippen LogP contribution in [-0.2, 0) is 35.2 Å². The molecule has 1 aliphatic heterocycles. The number of benzene rings is 1. The number of carboxylic acids is 3. The van der Waals surface area contributed by atoms with E-state index in [1.807, 2.05) is 0 Å². The summed E-state index contributed by atoms with van der Waals surface area (Å²) < 4.78 is 0. The fourth-order valence-electron chi connectivity index (χ4n) is 3.91. The van der Waals surface area contributed by atoms with Crippen molar-refractivity contribution in [3.8, 4) is 0 Å². The third-order valence-corrected chi connectivity index (χ3v) is 5.73. The van der Waals surface area contributed by atoms with Crippen LogP contribution in [0.3, 0.4) is 0 Å². The number of nitrogens with zero attached hydrogens (tertiary/aromatic N) is 1. The van der Waals surface area contributed by atoms with Crippen LogP contribution < -0.4 is 16.4 Å². The Morgan fingerprint density at radius 1 is 0.972 bits per heavy atom. The normalized spacial score (nSPS) is 17.5. The van der Waals surface area contributed by atoms with Gasteiger partial charge in [-0.3, -0.25) is 24.0 Å². The molecule has 0 bridgehead atoms. The number of rotatable bonds is 13. The molecule has 1 aliphatic rings. The fraction of sp³-hybridized carbons (Fsp3) is 0.478. The number of carbonyl (C=O) groups is 6. The molecule has 1 saturated heterocycles. The lowest BCUT2D eigenvalue weighted by Gasteiger charge is -2.29. The van der Waals surface area contributed by atoms with Crippen LogP contribution in [-0.4, -0.2) is 86.6 Å². The molecule has 2 rings (SSSR count). The molecular formula is C23H30N4O9. The molecule has 3 amide bonds. The minimum atomic E-state index is -1.46. The molecule has 0 radical (unpaired) electrons. The van der Waals surface area contributed by atoms with E-state index in [-0.39, 0.29) is 25.8 Å². The topological polar surface area (TPSA) is 216 Å². The molecule has 13 nitrogen and oxygen atoms in total. The zero-order valence-corrected chi connectivity index (χ0v) is 19.5. The highest BCUT2D eigenvalue weighted by Crippen LogP contribution is 2.20. The van der Waals surface area contributed by atoms with Crippen LogP contribution in [0.25, 0.3) is 0 Å². The highest BCUT2D eigenvalue weighted by atomic mass is 16.4. The van der Waals surface area contributed by atoms with E-state index >= 15 is 0 Å². The maximum Gasteiger partial charge on any atom is 0.326 e. The first-order chi connectivity index (χ1) is 17.0. The Bertz CT molecular complexity index is 985. The quantitative estimate of drug-likeness (QED) is 0.190. The van der Waals surface area contributed by atoms with Gasteiger partial charge in [-0.15, -0.1) is 0 Å². The molecule has 4 atom stereocenters. The number of carboxylic acid groups (broad SMARTS) is 3. The SMILES string of the molecule is NC(CC(=O)O)C(=O)NC(CCC(=O)O)C(=O)N1CCCC1C(=O)NC(Cc1ccccc1)C(=O)O. The first-order valence-electron chi connectivity index (χ1n) is 11.4. The van der Waals surface area contributed by atoms with Gasteiger partial charge in [-0.1, -0.05) is 30.3 Å². The molecule has 1 heterocycles. The van der Waals surface area contributed by atoms with E-state index < -0.39 is 72.6 Å². The van der Waals surface area contributed by atoms with Gasteiger partial charge in [0.1, 0.15) is 18.1 Å². The first-order valence-corrected chi connectivity index (χ1v) is 11.4. The highest BCUT2D eigenvalue weighted by Gasteiger charge is 2.39. The number of carbonyl (C=O) groups excluding carboxylic acids is 3. The first kappa shape index (κ1) is 28.2. The Labute approximate surface area is 206 Å². The summed E-state index contributed by atoms with van der Waals surface area (Å²) in [6.45, 7) is 0.133. The predicted octanol–water partition coefficient (Wildman–Crippen LogP) is -1.06. The summed E-state index contributed by atoms with van der Waals surface area (Å²) in [6, 6.07) is 3.60. The van der Waals surface area contributed by atoms with Gasteiger partial charge in [0.25, 0.3) is 0 Å². The monoisotopic (exact) mass is 506 g/mol. The fourth-order valence-corrected chi connectivity index (χ4v) is 3.91. The van der Waals surface area contributed by atoms with Crippen LogP contribution in [0.4, 0.5) is 0 Å². The van der Waals surface area contributed by atoms with E-state index in [9.17, 15) is 33.9 Å². The van der Waals surface area contributed by atoms with Crippen molar-refractivity contribution in [1.29, 1.82) is 0 Å². The maximum atomic E-state index is 13.2. The molecule has 0 spiro atoms. The molecule has 7 N–H and O–H groups in total. The van der Waals surface area contributed by atoms with E-state index in [0.29, 0.717) is 12.0 Å². The van der Waals surface area contributed by atoms with Crippen LogP contribution >= 0.6 is 0 Å². The van der Waals surface area contributed by atoms with Crippen molar-refractivity contribution in [3.63, 3.8) is 0 Å². The van der Waals surface area contributed by atoms with Gasteiger partial charge >= 0.3 is 17.9 Å². The van der Waals surface area contributed by atoms with Gasteiger partial charge in [-0.2, -0.15) is 0 Å². The van der Waals surface area contributed by atoms with Crippen molar-refractivity contribution in [3.05, 3.63) is 35.9 Å². The number of aliphatic carboxylic acids is 3. The standard InChI is InChI=1S/C23H30N4O9/c24-14(12-19(30)31)20(32)25-15(8-9-18(28)29)22(34)27-10-4-7-17(27)21(33)26-16(23(35)36)11-13-5-2-1-3-6-13/h1-3,5-6,14-17H,4,7-12,24H2,(H,25,32)(H,26,33)(H,28,29)(H,30,31)(H,35,36). The van der Waals surface area contributed by atoms with Crippen LogP contribution in [0.15, 0.2) is 30.3 Å². The van der Waals surface area contributed by atoms with E-state index in [0.717, 1.165) is 0 Å². The van der Waals surface area contributed by atoms with Crippen LogP contribution in [0.1, 0.15) is 37.7 Å². The molecule has 36 heavy (non-hydrogen) atoms. The Kier molecular flexibility index (Phi) is 10.3. The zero-order valence-electron chi connectivity index (χ0n) is 19.5. The lowest BCUT2D eigenvalue weighted by molar-refractivity contribution is -0.145. The van der Waals surface area contributed by atoms with Gasteiger partial charge in [-0.05, 0) is 24.8 Å². The smallest absolute Gasteiger partial charge is 0.326 e. The second-order valence-electron chi connectivity index (χ2n) is 8.48. The minimum Gasteiger partial charge on any atom is -0.481 e. The number of nitrogens with two attached hydrogens (primary N) is 1. The zero-order chi connectivity index (χ0) is 26.8. The highest BCUT2D eigenvalue weighted by molar-refractivity contribution is 5.95. The lowest BCUT2D eigenvalue weighted by Crippen LogP contribution is -2.57. The summed E-state index contributed by atoms with van der Waals surface area (Å²) in [5.41, 5.74) is 6.24. The average Bonchev–Trinajstić information content (AvgIpc) is 3.31. The van der Waals surface area contributed by atoms with Crippen molar-refractivity contribution in [2.45, 2.75) is 62.7 Å². The number of amides is 3. The summed E-state index contributed by atoms with van der Waals surface area (Å²) >= 11 is 0. The Morgan fingerprint density at radius 2 is 1.64 bits per heavy atom. The molecule has 0 aromatic heterocycles. The summed E-state index contributed by atoms with van der Waals surface area (Å²) in [5.74, 6) is -6.17. The Hall–Kier alpha value is -4.00. The molecule has 1 fully saturated rings. The van der Waals surface area contributed by atoms with Crippen LogP contribution in [0.5, 0.6) is 0 Å². The Morgan fingerprint density at radius 3 is 2.22 bits per heavy atom. The van der Waals surface area contributed by atoms with Crippen molar-refractivity contribution in [2.75, 3.05) is 6.54 Å². The molecule has 0 saturated carbocycles. The van der Waals surface area contributed by atoms with E-state index in [1.54, 1.807) is 30.3 Å². The summed E-state index contributed by atoms with van der Waals surface area (Å²) in [4.78, 5) is 73.3. The maximum absolute atomic E-state index is 13.2. The number of hydrogen-bond donors (Lipinski definition) is 6. The van der Waals surface area contributed by atoms with Crippen LogP contribution in [0.2, 0.25) is 0 Å². The largest absolute Gasteiger partial charge is 0.481 e. The third-order valence-electron chi connectivity index (χ3n) is 5.73. The van der Waals surface area contributed by atoms with Gasteiger partial charge in [0.15, 0.2) is 0 Å². The van der Waals surface area contributed by atoms with Crippen molar-refractivity contribution < 1.29 is 44.1 Å². The molecular weight excluding hydrogens is 476 g/mol. The molecule has 13 heteroatoms.